The largest absolute Gasteiger partial charge is 0.506 e. The topological polar surface area (TPSA) is 85.2 Å². The van der Waals surface area contributed by atoms with Gasteiger partial charge in [-0.25, -0.2) is 0 Å². The predicted molar refractivity (Wildman–Crippen MR) is 106 cm³/mol. The van der Waals surface area contributed by atoms with Gasteiger partial charge in [0.05, 0.1) is 37.9 Å². The molecule has 0 aliphatic carbocycles. The summed E-state index contributed by atoms with van der Waals surface area (Å²) in [4.78, 5) is 13.1. The van der Waals surface area contributed by atoms with Gasteiger partial charge in [-0.1, -0.05) is 6.07 Å². The van der Waals surface area contributed by atoms with Crippen molar-refractivity contribution in [2.45, 2.75) is 25.4 Å². The molecule has 1 aliphatic heterocycles. The van der Waals surface area contributed by atoms with Crippen LogP contribution in [0.4, 0.5) is 0 Å². The van der Waals surface area contributed by atoms with Gasteiger partial charge >= 0.3 is 0 Å². The number of aliphatic hydroxyl groups is 1. The van der Waals surface area contributed by atoms with E-state index in [0.29, 0.717) is 28.4 Å². The lowest BCUT2D eigenvalue weighted by Gasteiger charge is -2.28. The predicted octanol–water partition coefficient (Wildman–Crippen LogP) is 3.55. The lowest BCUT2D eigenvalue weighted by molar-refractivity contribution is 0.0919. The van der Waals surface area contributed by atoms with Gasteiger partial charge in [0, 0.05) is 0 Å². The van der Waals surface area contributed by atoms with Crippen molar-refractivity contribution in [1.82, 2.24) is 0 Å². The molecule has 1 aliphatic rings. The van der Waals surface area contributed by atoms with Crippen LogP contribution in [-0.2, 0) is 0 Å². The Kier molecular flexibility index (Phi) is 5.34. The summed E-state index contributed by atoms with van der Waals surface area (Å²) in [5.74, 6) is 0.0831. The highest BCUT2D eigenvalue weighted by Crippen LogP contribution is 2.40. The smallest absolute Gasteiger partial charge is 0.176 e. The molecule has 1 atom stereocenters. The Morgan fingerprint density at radius 2 is 1.86 bits per heavy atom. The summed E-state index contributed by atoms with van der Waals surface area (Å²) in [6, 6.07) is 8.21. The average molecular weight is 384 g/mol. The molecule has 6 heteroatoms. The number of benzene rings is 2. The average Bonchev–Trinajstić information content (AvgIpc) is 2.67. The number of rotatable bonds is 6. The quantitative estimate of drug-likeness (QED) is 0.741. The third-order valence-electron chi connectivity index (χ3n) is 4.78. The first-order chi connectivity index (χ1) is 13.3. The molecule has 0 saturated heterocycles. The summed E-state index contributed by atoms with van der Waals surface area (Å²) in [5, 5.41) is 20.6. The number of ketones is 1. The van der Waals surface area contributed by atoms with Gasteiger partial charge < -0.3 is 24.4 Å². The van der Waals surface area contributed by atoms with E-state index in [9.17, 15) is 15.0 Å². The SMILES string of the molecule is COc1ccc([C@@H](CO)C(=O)c2ccc3c(c2O)C=CC(C)(C)O3)cc1OC. The van der Waals surface area contributed by atoms with E-state index < -0.39 is 23.9 Å². The van der Waals surface area contributed by atoms with Gasteiger partial charge in [0.2, 0.25) is 0 Å². The van der Waals surface area contributed by atoms with Gasteiger partial charge in [0.15, 0.2) is 17.3 Å². The minimum atomic E-state index is -0.853. The number of fused-ring (bicyclic) bond motifs is 1. The van der Waals surface area contributed by atoms with E-state index in [4.69, 9.17) is 14.2 Å². The maximum Gasteiger partial charge on any atom is 0.176 e. The Hall–Kier alpha value is -2.99. The van der Waals surface area contributed by atoms with Crippen LogP contribution in [0.3, 0.4) is 0 Å². The summed E-state index contributed by atoms with van der Waals surface area (Å²) in [6.45, 7) is 3.40. The second-order valence-corrected chi connectivity index (χ2v) is 7.13. The molecule has 0 unspecified atom stereocenters. The molecule has 1 heterocycles. The molecule has 2 N–H and O–H groups in total. The molecule has 0 aromatic heterocycles. The van der Waals surface area contributed by atoms with E-state index >= 15 is 0 Å². The first kappa shape index (κ1) is 19.8. The van der Waals surface area contributed by atoms with Crippen LogP contribution in [-0.4, -0.2) is 42.4 Å². The third kappa shape index (κ3) is 3.55. The van der Waals surface area contributed by atoms with Crippen molar-refractivity contribution in [3.8, 4) is 23.0 Å². The zero-order chi connectivity index (χ0) is 20.5. The van der Waals surface area contributed by atoms with Crippen LogP contribution in [0, 0.1) is 0 Å². The van der Waals surface area contributed by atoms with Crippen molar-refractivity contribution < 1.29 is 29.2 Å². The number of ether oxygens (including phenoxy) is 3. The Morgan fingerprint density at radius 1 is 1.14 bits per heavy atom. The molecule has 28 heavy (non-hydrogen) atoms. The highest BCUT2D eigenvalue weighted by Gasteiger charge is 2.29. The number of Topliss-reactive ketones (excluding diaryl/α,β-unsaturated/α-hetero) is 1. The number of hydrogen-bond acceptors (Lipinski definition) is 6. The first-order valence-electron chi connectivity index (χ1n) is 8.92. The van der Waals surface area contributed by atoms with Crippen LogP contribution in [0.15, 0.2) is 36.4 Å². The molecule has 6 nitrogen and oxygen atoms in total. The minimum absolute atomic E-state index is 0.126. The summed E-state index contributed by atoms with van der Waals surface area (Å²) in [5.41, 5.74) is 0.656. The number of aromatic hydroxyl groups is 1. The normalized spacial score (nSPS) is 15.3. The number of phenols is 1. The molecule has 148 valence electrons. The van der Waals surface area contributed by atoms with Gasteiger partial charge in [-0.05, 0) is 55.8 Å². The second-order valence-electron chi connectivity index (χ2n) is 7.13. The number of carbonyl (C=O) groups excluding carboxylic acids is 1. The van der Waals surface area contributed by atoms with Crippen LogP contribution >= 0.6 is 0 Å². The standard InChI is InChI=1S/C22H24O6/c1-22(2)10-9-14-17(28-22)8-6-15(20(14)24)21(25)16(12-23)13-5-7-18(26-3)19(11-13)27-4/h5-11,16,23-24H,12H2,1-4H3/t16-/m1/s1. The van der Waals surface area contributed by atoms with Crippen molar-refractivity contribution in [2.75, 3.05) is 20.8 Å². The molecule has 2 aromatic rings. The fourth-order valence-corrected chi connectivity index (χ4v) is 3.24. The summed E-state index contributed by atoms with van der Waals surface area (Å²) >= 11 is 0. The van der Waals surface area contributed by atoms with Gasteiger partial charge in [-0.15, -0.1) is 0 Å². The van der Waals surface area contributed by atoms with Crippen molar-refractivity contribution >= 4 is 11.9 Å². The Balaban J connectivity index is 1.99. The lowest BCUT2D eigenvalue weighted by Crippen LogP contribution is -2.27. The van der Waals surface area contributed by atoms with E-state index in [1.165, 1.54) is 20.3 Å². The van der Waals surface area contributed by atoms with E-state index in [-0.39, 0.29) is 11.3 Å². The van der Waals surface area contributed by atoms with E-state index in [2.05, 4.69) is 0 Å². The lowest BCUT2D eigenvalue weighted by atomic mass is 9.89. The Labute approximate surface area is 164 Å². The van der Waals surface area contributed by atoms with Crippen LogP contribution in [0.25, 0.3) is 6.08 Å². The van der Waals surface area contributed by atoms with Gasteiger partial charge in [0.25, 0.3) is 0 Å². The molecule has 3 rings (SSSR count). The number of phenolic OH excluding ortho intramolecular Hbond substituents is 1. The molecule has 0 fully saturated rings. The van der Waals surface area contributed by atoms with Gasteiger partial charge in [-0.3, -0.25) is 4.79 Å². The van der Waals surface area contributed by atoms with E-state index in [0.717, 1.165) is 0 Å². The fourth-order valence-electron chi connectivity index (χ4n) is 3.24. The zero-order valence-corrected chi connectivity index (χ0v) is 16.4. The summed E-state index contributed by atoms with van der Waals surface area (Å²) in [6.07, 6.45) is 3.57. The number of aliphatic hydroxyl groups excluding tert-OH is 1. The Morgan fingerprint density at radius 3 is 2.50 bits per heavy atom. The Bertz CT molecular complexity index is 929. The maximum atomic E-state index is 13.1. The zero-order valence-electron chi connectivity index (χ0n) is 16.4. The molecule has 0 radical (unpaired) electrons. The van der Waals surface area contributed by atoms with Gasteiger partial charge in [-0.2, -0.15) is 0 Å². The van der Waals surface area contributed by atoms with E-state index in [1.807, 2.05) is 19.9 Å². The molecule has 0 amide bonds. The highest BCUT2D eigenvalue weighted by atomic mass is 16.5. The summed E-state index contributed by atoms with van der Waals surface area (Å²) < 4.78 is 16.3. The molecule has 0 spiro atoms. The second kappa shape index (κ2) is 7.56. The van der Waals surface area contributed by atoms with Crippen LogP contribution in [0.5, 0.6) is 23.0 Å². The van der Waals surface area contributed by atoms with Crippen LogP contribution < -0.4 is 14.2 Å². The number of hydrogen-bond donors (Lipinski definition) is 2. The van der Waals surface area contributed by atoms with Crippen LogP contribution in [0.2, 0.25) is 0 Å². The number of carbonyl (C=O) groups is 1. The summed E-state index contributed by atoms with van der Waals surface area (Å²) in [7, 11) is 3.02. The maximum absolute atomic E-state index is 13.1. The minimum Gasteiger partial charge on any atom is -0.506 e. The van der Waals surface area contributed by atoms with Crippen molar-refractivity contribution in [3.63, 3.8) is 0 Å². The highest BCUT2D eigenvalue weighted by molar-refractivity contribution is 6.04. The molecular weight excluding hydrogens is 360 g/mol. The van der Waals surface area contributed by atoms with Crippen molar-refractivity contribution in [1.29, 1.82) is 0 Å². The van der Waals surface area contributed by atoms with Crippen molar-refractivity contribution in [3.05, 3.63) is 53.1 Å². The fraction of sp³-hybridized carbons (Fsp3) is 0.318. The first-order valence-corrected chi connectivity index (χ1v) is 8.92. The molecule has 0 saturated carbocycles. The molecule has 2 aromatic carbocycles. The van der Waals surface area contributed by atoms with E-state index in [1.54, 1.807) is 30.3 Å². The van der Waals surface area contributed by atoms with Gasteiger partial charge in [0.1, 0.15) is 17.1 Å². The monoisotopic (exact) mass is 384 g/mol. The number of methoxy groups -OCH3 is 2. The molecular formula is C22H24O6. The third-order valence-corrected chi connectivity index (χ3v) is 4.78. The van der Waals surface area contributed by atoms with Crippen LogP contribution in [0.1, 0.15) is 41.3 Å². The molecule has 0 bridgehead atoms. The van der Waals surface area contributed by atoms with Crippen molar-refractivity contribution in [2.24, 2.45) is 0 Å².